The summed E-state index contributed by atoms with van der Waals surface area (Å²) in [6.07, 6.45) is 0. The smallest absolute Gasteiger partial charge is 0.239 e. The first-order chi connectivity index (χ1) is 25.1. The number of rotatable bonds is 7. The molecule has 2 amide bonds. The molecule has 6 nitrogen and oxygen atoms in total. The normalized spacial score (nSPS) is 23.8. The average molecular weight is 662 g/mol. The number of fused-ring (bicyclic) bond motifs is 5. The summed E-state index contributed by atoms with van der Waals surface area (Å²) in [6, 6.07) is 55.3. The summed E-state index contributed by atoms with van der Waals surface area (Å²) in [4.78, 5) is 47.6. The van der Waals surface area contributed by atoms with Crippen molar-refractivity contribution in [3.05, 3.63) is 198 Å². The Morgan fingerprint density at radius 3 is 1.18 bits per heavy atom. The first-order valence-electron chi connectivity index (χ1n) is 17.0. The van der Waals surface area contributed by atoms with E-state index in [4.69, 9.17) is 0 Å². The fourth-order valence-corrected chi connectivity index (χ4v) is 8.87. The number of nitrogens with zero attached hydrogens (tertiary/aromatic N) is 3. The van der Waals surface area contributed by atoms with Gasteiger partial charge in [-0.15, -0.1) is 0 Å². The number of ketones is 1. The molecule has 0 N–H and O–H groups in total. The highest BCUT2D eigenvalue weighted by Gasteiger charge is 2.82. The molecule has 244 valence electrons. The lowest BCUT2D eigenvalue weighted by Gasteiger charge is -2.39. The molecule has 6 aromatic rings. The third-order valence-corrected chi connectivity index (χ3v) is 10.7. The van der Waals surface area contributed by atoms with Gasteiger partial charge in [-0.3, -0.25) is 14.4 Å². The minimum Gasteiger partial charge on any atom is -0.297 e. The molecule has 3 aliphatic rings. The van der Waals surface area contributed by atoms with Gasteiger partial charge in [0, 0.05) is 0 Å². The van der Waals surface area contributed by atoms with Crippen LogP contribution in [0.15, 0.2) is 186 Å². The number of allylic oxidation sites excluding steroid dienone is 2. The van der Waals surface area contributed by atoms with Crippen LogP contribution < -0.4 is 4.90 Å². The van der Waals surface area contributed by atoms with E-state index in [1.54, 1.807) is 24.3 Å². The zero-order chi connectivity index (χ0) is 34.6. The van der Waals surface area contributed by atoms with Gasteiger partial charge in [0.25, 0.3) is 0 Å². The van der Waals surface area contributed by atoms with E-state index in [9.17, 15) is 0 Å². The predicted molar refractivity (Wildman–Crippen MR) is 197 cm³/mol. The number of hydrogen-bond acceptors (Lipinski definition) is 5. The van der Waals surface area contributed by atoms with Crippen molar-refractivity contribution < 1.29 is 14.4 Å². The molecular formula is C45H31N3O3. The number of anilines is 1. The number of amides is 2. The SMILES string of the molecule is O=C1[C@H]2[C@H](C(=O)N1c1ccc(N=Nc3ccccc3)cc1)[C@@]1(c3ccccc3)C(=O)[C@@]2(c2ccccc2)C(c2ccccc2)=C1c1ccccc1. The number of azo groups is 1. The maximum Gasteiger partial charge on any atom is 0.239 e. The van der Waals surface area contributed by atoms with Gasteiger partial charge in [-0.05, 0) is 69.8 Å². The molecule has 1 saturated heterocycles. The fraction of sp³-hybridized carbons (Fsp3) is 0.0889. The van der Waals surface area contributed by atoms with Crippen molar-refractivity contribution >= 4 is 45.8 Å². The summed E-state index contributed by atoms with van der Waals surface area (Å²) >= 11 is 0. The molecule has 9 rings (SSSR count). The Kier molecular flexibility index (Phi) is 7.07. The van der Waals surface area contributed by atoms with Crippen molar-refractivity contribution in [2.45, 2.75) is 10.8 Å². The van der Waals surface area contributed by atoms with E-state index in [0.717, 1.165) is 22.3 Å². The molecule has 2 aliphatic carbocycles. The standard InChI is InChI=1S/C45H31N3O3/c49-41-39-40(42(50)48(41)36-28-26-35(27-29-36)47-46-34-24-14-5-15-25-34)45(33-22-12-4-13-23-33)38(31-18-8-2-9-19-31)37(30-16-6-1-7-17-30)44(39,43(45)51)32-20-10-3-11-21-32/h1-29,39-40H/t39-,40-,44+,45+/m1/s1. The molecule has 0 unspecified atom stereocenters. The summed E-state index contributed by atoms with van der Waals surface area (Å²) in [7, 11) is 0. The molecule has 4 atom stereocenters. The Balaban J connectivity index is 1.30. The van der Waals surface area contributed by atoms with Gasteiger partial charge in [-0.2, -0.15) is 10.2 Å². The molecule has 0 radical (unpaired) electrons. The predicted octanol–water partition coefficient (Wildman–Crippen LogP) is 9.29. The minimum absolute atomic E-state index is 0.141. The molecule has 1 aliphatic heterocycles. The Morgan fingerprint density at radius 1 is 0.412 bits per heavy atom. The molecule has 0 aromatic heterocycles. The van der Waals surface area contributed by atoms with Crippen LogP contribution in [0.25, 0.3) is 11.1 Å². The molecule has 2 bridgehead atoms. The van der Waals surface area contributed by atoms with Crippen molar-refractivity contribution in [2.24, 2.45) is 22.1 Å². The van der Waals surface area contributed by atoms with E-state index in [-0.39, 0.29) is 17.6 Å². The van der Waals surface area contributed by atoms with Gasteiger partial charge >= 0.3 is 0 Å². The summed E-state index contributed by atoms with van der Waals surface area (Å²) in [5.74, 6) is -2.89. The third kappa shape index (κ3) is 4.26. The van der Waals surface area contributed by atoms with Crippen LogP contribution in [-0.4, -0.2) is 17.6 Å². The first kappa shape index (κ1) is 30.5. The van der Waals surface area contributed by atoms with Crippen molar-refractivity contribution in [3.8, 4) is 0 Å². The number of hydrogen-bond donors (Lipinski definition) is 0. The third-order valence-electron chi connectivity index (χ3n) is 10.7. The zero-order valence-corrected chi connectivity index (χ0v) is 27.5. The molecule has 1 saturated carbocycles. The fourth-order valence-electron chi connectivity index (χ4n) is 8.87. The molecule has 6 heteroatoms. The topological polar surface area (TPSA) is 79.2 Å². The molecule has 0 spiro atoms. The second-order valence-corrected chi connectivity index (χ2v) is 13.2. The van der Waals surface area contributed by atoms with Gasteiger partial charge in [0.2, 0.25) is 11.8 Å². The van der Waals surface area contributed by atoms with E-state index in [1.807, 2.05) is 152 Å². The minimum atomic E-state index is -1.44. The maximum absolute atomic E-state index is 16.0. The Bertz CT molecular complexity index is 2240. The quantitative estimate of drug-likeness (QED) is 0.126. The second-order valence-electron chi connectivity index (χ2n) is 13.2. The van der Waals surface area contributed by atoms with Gasteiger partial charge in [0.1, 0.15) is 0 Å². The largest absolute Gasteiger partial charge is 0.297 e. The number of carbonyl (C=O) groups is 3. The summed E-state index contributed by atoms with van der Waals surface area (Å²) in [5, 5.41) is 8.67. The monoisotopic (exact) mass is 661 g/mol. The van der Waals surface area contributed by atoms with E-state index in [2.05, 4.69) is 10.2 Å². The molecule has 51 heavy (non-hydrogen) atoms. The van der Waals surface area contributed by atoms with Gasteiger partial charge < -0.3 is 0 Å². The van der Waals surface area contributed by atoms with Gasteiger partial charge in [-0.1, -0.05) is 140 Å². The van der Waals surface area contributed by atoms with Crippen molar-refractivity contribution in [1.29, 1.82) is 0 Å². The van der Waals surface area contributed by atoms with E-state index < -0.39 is 22.7 Å². The van der Waals surface area contributed by atoms with Crippen LogP contribution in [0, 0.1) is 11.8 Å². The zero-order valence-electron chi connectivity index (χ0n) is 27.5. The Hall–Kier alpha value is -6.53. The number of Topliss-reactive ketones (excluding diaryl/α,β-unsaturated/α-hetero) is 1. The van der Waals surface area contributed by atoms with E-state index in [0.29, 0.717) is 28.2 Å². The summed E-state index contributed by atoms with van der Waals surface area (Å²) < 4.78 is 0. The van der Waals surface area contributed by atoms with Crippen LogP contribution in [-0.2, 0) is 25.2 Å². The van der Waals surface area contributed by atoms with Crippen LogP contribution in [0.1, 0.15) is 22.3 Å². The van der Waals surface area contributed by atoms with Crippen LogP contribution >= 0.6 is 0 Å². The Morgan fingerprint density at radius 2 is 0.765 bits per heavy atom. The average Bonchev–Trinajstić information content (AvgIpc) is 3.71. The van der Waals surface area contributed by atoms with E-state index in [1.165, 1.54) is 4.90 Å². The van der Waals surface area contributed by atoms with Crippen molar-refractivity contribution in [3.63, 3.8) is 0 Å². The first-order valence-corrected chi connectivity index (χ1v) is 17.0. The van der Waals surface area contributed by atoms with Gasteiger partial charge in [0.15, 0.2) is 5.78 Å². The van der Waals surface area contributed by atoms with Gasteiger partial charge in [-0.25, -0.2) is 4.90 Å². The second kappa shape index (κ2) is 11.8. The van der Waals surface area contributed by atoms with Crippen LogP contribution in [0.4, 0.5) is 17.1 Å². The Labute approximate surface area is 295 Å². The van der Waals surface area contributed by atoms with Gasteiger partial charge in [0.05, 0.1) is 39.7 Å². The molecule has 1 heterocycles. The van der Waals surface area contributed by atoms with Crippen LogP contribution in [0.5, 0.6) is 0 Å². The molecule has 6 aromatic carbocycles. The summed E-state index contributed by atoms with van der Waals surface area (Å²) in [6.45, 7) is 0. The highest BCUT2D eigenvalue weighted by molar-refractivity contribution is 6.39. The highest BCUT2D eigenvalue weighted by Crippen LogP contribution is 2.74. The van der Waals surface area contributed by atoms with Crippen LogP contribution in [0.3, 0.4) is 0 Å². The maximum atomic E-state index is 16.0. The number of benzene rings is 6. The lowest BCUT2D eigenvalue weighted by atomic mass is 9.59. The lowest BCUT2D eigenvalue weighted by Crippen LogP contribution is -2.45. The van der Waals surface area contributed by atoms with E-state index >= 15 is 14.4 Å². The highest BCUT2D eigenvalue weighted by atomic mass is 16.2. The molecular weight excluding hydrogens is 631 g/mol. The van der Waals surface area contributed by atoms with Crippen molar-refractivity contribution in [1.82, 2.24) is 0 Å². The molecule has 2 fully saturated rings. The van der Waals surface area contributed by atoms with Crippen molar-refractivity contribution in [2.75, 3.05) is 4.90 Å². The number of imide groups is 1. The lowest BCUT2D eigenvalue weighted by molar-refractivity contribution is -0.130. The summed E-state index contributed by atoms with van der Waals surface area (Å²) in [5.41, 5.74) is 3.47. The van der Waals surface area contributed by atoms with Crippen LogP contribution in [0.2, 0.25) is 0 Å². The number of carbonyl (C=O) groups excluding carboxylic acids is 3.